The zero-order chi connectivity index (χ0) is 19.9. The highest BCUT2D eigenvalue weighted by molar-refractivity contribution is 5.80. The van der Waals surface area contributed by atoms with Crippen LogP contribution in [0.3, 0.4) is 0 Å². The summed E-state index contributed by atoms with van der Waals surface area (Å²) in [6.45, 7) is 8.87. The summed E-state index contributed by atoms with van der Waals surface area (Å²) in [6.07, 6.45) is -0.116. The van der Waals surface area contributed by atoms with Crippen molar-refractivity contribution in [2.45, 2.75) is 26.5 Å². The molecule has 1 N–H and O–H groups in total. The Bertz CT molecular complexity index is 786. The van der Waals surface area contributed by atoms with Gasteiger partial charge in [-0.1, -0.05) is 11.2 Å². The largest absolute Gasteiger partial charge is 0.489 e. The molecular formula is C20H28FN5O2. The molecule has 28 heavy (non-hydrogen) atoms. The van der Waals surface area contributed by atoms with Gasteiger partial charge in [0, 0.05) is 51.9 Å². The number of ether oxygens (including phenoxy) is 1. The summed E-state index contributed by atoms with van der Waals surface area (Å²) >= 11 is 0. The number of hydrogen-bond donors (Lipinski definition) is 1. The number of nitrogens with zero attached hydrogens (tertiary/aromatic N) is 4. The lowest BCUT2D eigenvalue weighted by molar-refractivity contribution is 0.167. The number of guanidine groups is 1. The molecule has 0 amide bonds. The Morgan fingerprint density at radius 1 is 1.32 bits per heavy atom. The molecule has 1 atom stereocenters. The summed E-state index contributed by atoms with van der Waals surface area (Å²) in [4.78, 5) is 8.98. The molecule has 2 heterocycles. The minimum atomic E-state index is -0.299. The van der Waals surface area contributed by atoms with Crippen LogP contribution < -0.4 is 10.1 Å². The van der Waals surface area contributed by atoms with Crippen molar-refractivity contribution < 1.29 is 13.7 Å². The van der Waals surface area contributed by atoms with Gasteiger partial charge in [-0.3, -0.25) is 9.89 Å². The predicted molar refractivity (Wildman–Crippen MR) is 106 cm³/mol. The Morgan fingerprint density at radius 3 is 2.75 bits per heavy atom. The van der Waals surface area contributed by atoms with Crippen LogP contribution in [0.4, 0.5) is 4.39 Å². The van der Waals surface area contributed by atoms with E-state index in [0.29, 0.717) is 12.3 Å². The second-order valence-corrected chi connectivity index (χ2v) is 7.01. The van der Waals surface area contributed by atoms with Crippen LogP contribution in [0.2, 0.25) is 0 Å². The number of aliphatic imine (C=N–C) groups is 1. The van der Waals surface area contributed by atoms with E-state index < -0.39 is 0 Å². The average Bonchev–Trinajstić information content (AvgIpc) is 3.08. The van der Waals surface area contributed by atoms with Crippen LogP contribution in [-0.4, -0.2) is 66.8 Å². The number of hydrogen-bond acceptors (Lipinski definition) is 5. The molecule has 1 unspecified atom stereocenters. The normalized spacial score (nSPS) is 16.9. The van der Waals surface area contributed by atoms with E-state index in [1.807, 2.05) is 19.9 Å². The summed E-state index contributed by atoms with van der Waals surface area (Å²) in [7, 11) is 1.78. The van der Waals surface area contributed by atoms with Crippen molar-refractivity contribution in [3.05, 3.63) is 47.6 Å². The van der Waals surface area contributed by atoms with E-state index in [0.717, 1.165) is 50.1 Å². The SMILES string of the molecule is CN=C(NCC(C)Oc1cccc(F)c1)N1CCN(Cc2cc(C)on2)CC1. The molecule has 0 saturated carbocycles. The van der Waals surface area contributed by atoms with E-state index in [9.17, 15) is 4.39 Å². The van der Waals surface area contributed by atoms with Gasteiger partial charge in [0.2, 0.25) is 0 Å². The Kier molecular flexibility index (Phi) is 6.86. The molecule has 7 nitrogen and oxygen atoms in total. The van der Waals surface area contributed by atoms with Gasteiger partial charge in [0.25, 0.3) is 0 Å². The van der Waals surface area contributed by atoms with Crippen LogP contribution in [0.5, 0.6) is 5.75 Å². The van der Waals surface area contributed by atoms with E-state index in [4.69, 9.17) is 9.26 Å². The lowest BCUT2D eigenvalue weighted by atomic mass is 10.3. The first-order valence-electron chi connectivity index (χ1n) is 9.56. The zero-order valence-electron chi connectivity index (χ0n) is 16.7. The first-order valence-corrected chi connectivity index (χ1v) is 9.56. The summed E-state index contributed by atoms with van der Waals surface area (Å²) in [6, 6.07) is 8.17. The van der Waals surface area contributed by atoms with Gasteiger partial charge in [-0.25, -0.2) is 4.39 Å². The van der Waals surface area contributed by atoms with Gasteiger partial charge in [0.05, 0.1) is 12.2 Å². The van der Waals surface area contributed by atoms with Crippen LogP contribution in [0.25, 0.3) is 0 Å². The van der Waals surface area contributed by atoms with Crippen LogP contribution in [0.15, 0.2) is 39.8 Å². The quantitative estimate of drug-likeness (QED) is 0.604. The predicted octanol–water partition coefficient (Wildman–Crippen LogP) is 2.28. The van der Waals surface area contributed by atoms with E-state index in [1.165, 1.54) is 12.1 Å². The molecule has 0 spiro atoms. The molecule has 1 aliphatic heterocycles. The van der Waals surface area contributed by atoms with Crippen LogP contribution in [0.1, 0.15) is 18.4 Å². The van der Waals surface area contributed by atoms with Gasteiger partial charge in [0.15, 0.2) is 5.96 Å². The highest BCUT2D eigenvalue weighted by Gasteiger charge is 2.21. The molecule has 3 rings (SSSR count). The summed E-state index contributed by atoms with van der Waals surface area (Å²) in [5.74, 6) is 1.92. The highest BCUT2D eigenvalue weighted by atomic mass is 19.1. The monoisotopic (exact) mass is 389 g/mol. The maximum Gasteiger partial charge on any atom is 0.193 e. The second kappa shape index (κ2) is 9.54. The molecule has 1 aromatic heterocycles. The Hall–Kier alpha value is -2.61. The Labute approximate surface area is 165 Å². The first-order chi connectivity index (χ1) is 13.5. The topological polar surface area (TPSA) is 66.1 Å². The van der Waals surface area contributed by atoms with Crippen molar-refractivity contribution in [3.8, 4) is 5.75 Å². The summed E-state index contributed by atoms with van der Waals surface area (Å²) in [5.41, 5.74) is 0.969. The van der Waals surface area contributed by atoms with Gasteiger partial charge in [0.1, 0.15) is 23.4 Å². The van der Waals surface area contributed by atoms with E-state index in [2.05, 4.69) is 25.3 Å². The van der Waals surface area contributed by atoms with Gasteiger partial charge in [-0.2, -0.15) is 0 Å². The highest BCUT2D eigenvalue weighted by Crippen LogP contribution is 2.14. The third kappa shape index (κ3) is 5.69. The zero-order valence-corrected chi connectivity index (χ0v) is 16.7. The van der Waals surface area contributed by atoms with Crippen molar-refractivity contribution in [2.75, 3.05) is 39.8 Å². The summed E-state index contributed by atoms with van der Waals surface area (Å²) < 4.78 is 24.2. The summed E-state index contributed by atoms with van der Waals surface area (Å²) in [5, 5.41) is 7.42. The van der Waals surface area contributed by atoms with Crippen molar-refractivity contribution in [3.63, 3.8) is 0 Å². The first kappa shape index (κ1) is 20.1. The van der Waals surface area contributed by atoms with Crippen LogP contribution in [-0.2, 0) is 6.54 Å². The molecule has 1 aromatic carbocycles. The van der Waals surface area contributed by atoms with E-state index >= 15 is 0 Å². The van der Waals surface area contributed by atoms with Crippen molar-refractivity contribution >= 4 is 5.96 Å². The van der Waals surface area contributed by atoms with Gasteiger partial charge >= 0.3 is 0 Å². The molecule has 1 fully saturated rings. The van der Waals surface area contributed by atoms with Gasteiger partial charge in [-0.15, -0.1) is 0 Å². The molecule has 1 saturated heterocycles. The molecule has 1 aliphatic rings. The van der Waals surface area contributed by atoms with Gasteiger partial charge in [-0.05, 0) is 26.0 Å². The number of benzene rings is 1. The van der Waals surface area contributed by atoms with Crippen molar-refractivity contribution in [2.24, 2.45) is 4.99 Å². The van der Waals surface area contributed by atoms with Crippen LogP contribution in [0, 0.1) is 12.7 Å². The number of aryl methyl sites for hydroxylation is 1. The molecule has 0 bridgehead atoms. The molecular weight excluding hydrogens is 361 g/mol. The molecule has 8 heteroatoms. The Balaban J connectivity index is 1.43. The molecule has 0 aliphatic carbocycles. The van der Waals surface area contributed by atoms with Crippen molar-refractivity contribution in [1.29, 1.82) is 0 Å². The van der Waals surface area contributed by atoms with E-state index in [1.54, 1.807) is 19.2 Å². The fourth-order valence-electron chi connectivity index (χ4n) is 3.22. The fourth-order valence-corrected chi connectivity index (χ4v) is 3.22. The standard InChI is InChI=1S/C20H28FN5O2/c1-15-11-18(24-28-15)14-25-7-9-26(10-8-25)20(22-3)23-13-16(2)27-19-6-4-5-17(21)12-19/h4-6,11-12,16H,7-10,13-14H2,1-3H3,(H,22,23). The lowest BCUT2D eigenvalue weighted by Crippen LogP contribution is -2.53. The third-order valence-corrected chi connectivity index (χ3v) is 4.63. The number of piperazine rings is 1. The molecule has 152 valence electrons. The number of nitrogens with one attached hydrogen (secondary N) is 1. The van der Waals surface area contributed by atoms with Gasteiger partial charge < -0.3 is 19.5 Å². The number of rotatable bonds is 6. The number of aromatic nitrogens is 1. The van der Waals surface area contributed by atoms with Crippen molar-refractivity contribution in [1.82, 2.24) is 20.3 Å². The Morgan fingerprint density at radius 2 is 2.11 bits per heavy atom. The smallest absolute Gasteiger partial charge is 0.193 e. The molecule has 0 radical (unpaired) electrons. The third-order valence-electron chi connectivity index (χ3n) is 4.63. The maximum absolute atomic E-state index is 13.3. The number of halogens is 1. The lowest BCUT2D eigenvalue weighted by Gasteiger charge is -2.36. The minimum absolute atomic E-state index is 0.116. The fraction of sp³-hybridized carbons (Fsp3) is 0.500. The van der Waals surface area contributed by atoms with E-state index in [-0.39, 0.29) is 11.9 Å². The minimum Gasteiger partial charge on any atom is -0.489 e. The second-order valence-electron chi connectivity index (χ2n) is 7.01. The molecule has 2 aromatic rings. The average molecular weight is 389 g/mol. The maximum atomic E-state index is 13.3. The van der Waals surface area contributed by atoms with Crippen LogP contribution >= 0.6 is 0 Å².